The molecule has 0 saturated heterocycles. The first-order valence-corrected chi connectivity index (χ1v) is 10.1. The highest BCUT2D eigenvalue weighted by Gasteiger charge is 2.14. The van der Waals surface area contributed by atoms with Crippen molar-refractivity contribution in [3.63, 3.8) is 0 Å². The lowest BCUT2D eigenvalue weighted by Gasteiger charge is -2.02. The summed E-state index contributed by atoms with van der Waals surface area (Å²) in [6.07, 6.45) is 15.9. The largest absolute Gasteiger partial charge is 0.280 e. The number of sulfonamides is 1. The summed E-state index contributed by atoms with van der Waals surface area (Å²) in [5.74, 6) is 0. The van der Waals surface area contributed by atoms with Gasteiger partial charge in [-0.25, -0.2) is 13.6 Å². The predicted octanol–water partition coefficient (Wildman–Crippen LogP) is 4.28. The highest BCUT2D eigenvalue weighted by molar-refractivity contribution is 8.04. The van der Waals surface area contributed by atoms with E-state index in [9.17, 15) is 13.2 Å². The number of carbonyl (C=O) groups is 1. The number of primary sulfonamides is 1. The summed E-state index contributed by atoms with van der Waals surface area (Å²) in [5, 5.41) is 3.92. The molecule has 0 unspecified atom stereocenters. The van der Waals surface area contributed by atoms with E-state index in [4.69, 9.17) is 5.14 Å². The summed E-state index contributed by atoms with van der Waals surface area (Å²) in [4.78, 5) is 11.1. The zero-order valence-corrected chi connectivity index (χ0v) is 14.4. The van der Waals surface area contributed by atoms with Crippen LogP contribution in [0.4, 0.5) is 0 Å². The van der Waals surface area contributed by atoms with Gasteiger partial charge >= 0.3 is 0 Å². The molecular formula is C16H33NO3S. The summed E-state index contributed by atoms with van der Waals surface area (Å²) < 4.78 is 21.4. The van der Waals surface area contributed by atoms with Crippen LogP contribution in [-0.2, 0) is 14.8 Å². The van der Waals surface area contributed by atoms with Gasteiger partial charge in [-0.1, -0.05) is 84.0 Å². The van der Waals surface area contributed by atoms with Crippen LogP contribution in [0, 0.1) is 0 Å². The lowest BCUT2D eigenvalue weighted by molar-refractivity contribution is -0.111. The molecule has 0 radical (unpaired) electrons. The Morgan fingerprint density at radius 3 is 1.38 bits per heavy atom. The Morgan fingerprint density at radius 1 is 0.714 bits per heavy atom. The van der Waals surface area contributed by atoms with Gasteiger partial charge in [0, 0.05) is 6.42 Å². The number of carbonyl (C=O) groups excluding carboxylic acids is 1. The molecule has 0 rings (SSSR count). The molecule has 2 N–H and O–H groups in total. The van der Waals surface area contributed by atoms with E-state index in [1.165, 1.54) is 64.2 Å². The summed E-state index contributed by atoms with van der Waals surface area (Å²) in [6.45, 7) is 2.24. The topological polar surface area (TPSA) is 77.2 Å². The van der Waals surface area contributed by atoms with Crippen molar-refractivity contribution in [1.82, 2.24) is 0 Å². The Kier molecular flexibility index (Phi) is 13.0. The first kappa shape index (κ1) is 20.6. The molecule has 0 aliphatic rings. The van der Waals surface area contributed by atoms with Crippen molar-refractivity contribution >= 4 is 15.1 Å². The molecule has 0 fully saturated rings. The third-order valence-corrected chi connectivity index (χ3v) is 4.64. The highest BCUT2D eigenvalue weighted by Crippen LogP contribution is 2.13. The van der Waals surface area contributed by atoms with Crippen molar-refractivity contribution in [2.24, 2.45) is 5.14 Å². The average Bonchev–Trinajstić information content (AvgIpc) is 2.42. The number of nitrogens with two attached hydrogens (primary N) is 1. The van der Waals surface area contributed by atoms with Gasteiger partial charge in [-0.15, -0.1) is 0 Å². The zero-order chi connectivity index (χ0) is 16.0. The molecular weight excluding hydrogens is 286 g/mol. The molecule has 0 heterocycles. The van der Waals surface area contributed by atoms with E-state index in [1.54, 1.807) is 0 Å². The van der Waals surface area contributed by atoms with Gasteiger partial charge in [0.15, 0.2) is 0 Å². The molecule has 0 spiro atoms. The van der Waals surface area contributed by atoms with Crippen LogP contribution in [-0.4, -0.2) is 13.5 Å². The van der Waals surface area contributed by atoms with Crippen molar-refractivity contribution in [1.29, 1.82) is 0 Å². The maximum Gasteiger partial charge on any atom is 0.271 e. The highest BCUT2D eigenvalue weighted by atomic mass is 32.2. The minimum atomic E-state index is -3.96. The van der Waals surface area contributed by atoms with Crippen LogP contribution in [0.3, 0.4) is 0 Å². The Morgan fingerprint density at radius 2 is 1.05 bits per heavy atom. The van der Waals surface area contributed by atoms with Gasteiger partial charge in [0.1, 0.15) is 0 Å². The van der Waals surface area contributed by atoms with Crippen LogP contribution < -0.4 is 5.14 Å². The molecule has 0 saturated carbocycles. The van der Waals surface area contributed by atoms with Crippen LogP contribution in [0.15, 0.2) is 0 Å². The van der Waals surface area contributed by atoms with Crippen LogP contribution in [0.2, 0.25) is 0 Å². The van der Waals surface area contributed by atoms with Crippen molar-refractivity contribution in [2.45, 2.75) is 96.8 Å². The lowest BCUT2D eigenvalue weighted by Crippen LogP contribution is -2.22. The average molecular weight is 320 g/mol. The van der Waals surface area contributed by atoms with Crippen LogP contribution in [0.5, 0.6) is 0 Å². The minimum Gasteiger partial charge on any atom is -0.280 e. The maximum atomic E-state index is 11.1. The van der Waals surface area contributed by atoms with Gasteiger partial charge in [0.2, 0.25) is 0 Å². The van der Waals surface area contributed by atoms with Gasteiger partial charge in [-0.3, -0.25) is 4.79 Å². The number of rotatable bonds is 14. The molecule has 4 nitrogen and oxygen atoms in total. The van der Waals surface area contributed by atoms with Gasteiger partial charge in [0.25, 0.3) is 15.1 Å². The number of unbranched alkanes of at least 4 members (excludes halogenated alkanes) is 12. The van der Waals surface area contributed by atoms with Gasteiger partial charge < -0.3 is 0 Å². The van der Waals surface area contributed by atoms with E-state index in [0.29, 0.717) is 6.42 Å². The second-order valence-electron chi connectivity index (χ2n) is 5.91. The molecule has 0 amide bonds. The fourth-order valence-corrected chi connectivity index (χ4v) is 2.86. The van der Waals surface area contributed by atoms with E-state index >= 15 is 0 Å². The van der Waals surface area contributed by atoms with Crippen molar-refractivity contribution in [2.75, 3.05) is 0 Å². The van der Waals surface area contributed by atoms with Crippen molar-refractivity contribution in [3.05, 3.63) is 0 Å². The SMILES string of the molecule is CCCCCCCCCCCCCCCC(=O)S(N)(=O)=O. The van der Waals surface area contributed by atoms with Crippen LogP contribution in [0.25, 0.3) is 0 Å². The van der Waals surface area contributed by atoms with Crippen LogP contribution in [0.1, 0.15) is 96.8 Å². The minimum absolute atomic E-state index is 0.0661. The van der Waals surface area contributed by atoms with Crippen LogP contribution >= 0.6 is 0 Å². The standard InChI is InChI=1S/C16H33NO3S/c1-2-3-4-5-6-7-8-9-10-11-12-13-14-15-16(18)21(17,19)20/h2-15H2,1H3,(H2,17,19,20). The van der Waals surface area contributed by atoms with E-state index in [-0.39, 0.29) is 6.42 Å². The van der Waals surface area contributed by atoms with Crippen molar-refractivity contribution < 1.29 is 13.2 Å². The monoisotopic (exact) mass is 319 g/mol. The van der Waals surface area contributed by atoms with Gasteiger partial charge in [0.05, 0.1) is 0 Å². The third-order valence-electron chi connectivity index (χ3n) is 3.80. The van der Waals surface area contributed by atoms with Crippen molar-refractivity contribution in [3.8, 4) is 0 Å². The van der Waals surface area contributed by atoms with E-state index in [0.717, 1.165) is 12.8 Å². The summed E-state index contributed by atoms with van der Waals surface area (Å²) in [7, 11) is -3.96. The van der Waals surface area contributed by atoms with E-state index < -0.39 is 15.1 Å². The molecule has 0 atom stereocenters. The molecule has 0 aromatic heterocycles. The molecule has 0 aromatic rings. The molecule has 0 aromatic carbocycles. The zero-order valence-electron chi connectivity index (χ0n) is 13.6. The molecule has 0 aliphatic heterocycles. The molecule has 21 heavy (non-hydrogen) atoms. The third kappa shape index (κ3) is 14.3. The molecule has 0 bridgehead atoms. The second-order valence-corrected chi connectivity index (χ2v) is 7.46. The Balaban J connectivity index is 3.18. The van der Waals surface area contributed by atoms with E-state index in [2.05, 4.69) is 6.92 Å². The van der Waals surface area contributed by atoms with Gasteiger partial charge in [-0.2, -0.15) is 0 Å². The number of hydrogen-bond acceptors (Lipinski definition) is 3. The maximum absolute atomic E-state index is 11.1. The van der Waals surface area contributed by atoms with Gasteiger partial charge in [-0.05, 0) is 6.42 Å². The second kappa shape index (κ2) is 13.3. The molecule has 0 aliphatic carbocycles. The summed E-state index contributed by atoms with van der Waals surface area (Å²) >= 11 is 0. The Bertz CT molecular complexity index is 353. The Labute approximate surface area is 130 Å². The quantitative estimate of drug-likeness (QED) is 0.485. The fourth-order valence-electron chi connectivity index (χ4n) is 2.43. The fraction of sp³-hybridized carbons (Fsp3) is 0.938. The Hall–Kier alpha value is -0.420. The normalized spacial score (nSPS) is 11.7. The lowest BCUT2D eigenvalue weighted by atomic mass is 10.0. The first-order chi connectivity index (χ1) is 9.98. The first-order valence-electron chi connectivity index (χ1n) is 8.54. The molecule has 126 valence electrons. The van der Waals surface area contributed by atoms with E-state index in [1.807, 2.05) is 0 Å². The predicted molar refractivity (Wildman–Crippen MR) is 88.4 cm³/mol. The number of hydrogen-bond donors (Lipinski definition) is 1. The summed E-state index contributed by atoms with van der Waals surface area (Å²) in [5.41, 5.74) is 0. The summed E-state index contributed by atoms with van der Waals surface area (Å²) in [6, 6.07) is 0. The molecule has 5 heteroatoms. The smallest absolute Gasteiger partial charge is 0.271 e.